The molecular weight excluding hydrogens is 572 g/mol. The molecule has 4 rings (SSSR count). The molecule has 3 N–H and O–H groups in total. The van der Waals surface area contributed by atoms with Crippen LogP contribution in [0.2, 0.25) is 10.0 Å². The van der Waals surface area contributed by atoms with E-state index in [0.29, 0.717) is 22.0 Å². The van der Waals surface area contributed by atoms with Gasteiger partial charge >= 0.3 is 0 Å². The number of amides is 3. The van der Waals surface area contributed by atoms with Gasteiger partial charge in [0.2, 0.25) is 5.91 Å². The van der Waals surface area contributed by atoms with Gasteiger partial charge in [-0.15, -0.1) is 11.8 Å². The summed E-state index contributed by atoms with van der Waals surface area (Å²) in [6.45, 7) is 0. The van der Waals surface area contributed by atoms with Crippen molar-refractivity contribution >= 4 is 70.1 Å². The van der Waals surface area contributed by atoms with Gasteiger partial charge in [-0.1, -0.05) is 59.6 Å². The maximum atomic E-state index is 14.5. The Kier molecular flexibility index (Phi) is 9.96. The summed E-state index contributed by atoms with van der Waals surface area (Å²) >= 11 is 13.4. The van der Waals surface area contributed by atoms with Crippen LogP contribution >= 0.6 is 35.0 Å². The summed E-state index contributed by atoms with van der Waals surface area (Å²) in [5.74, 6) is -2.00. The monoisotopic (exact) mass is 593 g/mol. The Morgan fingerprint density at radius 3 is 2.23 bits per heavy atom. The second kappa shape index (κ2) is 13.8. The van der Waals surface area contributed by atoms with Gasteiger partial charge in [-0.2, -0.15) is 0 Å². The average Bonchev–Trinajstić information content (AvgIpc) is 2.94. The molecule has 6 nitrogen and oxygen atoms in total. The molecular formula is C30H22Cl2FN3O3S. The van der Waals surface area contributed by atoms with Crippen molar-refractivity contribution in [3.05, 3.63) is 130 Å². The van der Waals surface area contributed by atoms with E-state index in [4.69, 9.17) is 23.2 Å². The molecule has 0 atom stereocenters. The van der Waals surface area contributed by atoms with Crippen molar-refractivity contribution in [3.8, 4) is 0 Å². The van der Waals surface area contributed by atoms with E-state index in [1.807, 2.05) is 0 Å². The zero-order chi connectivity index (χ0) is 28.5. The Hall–Kier alpha value is -4.11. The van der Waals surface area contributed by atoms with Gasteiger partial charge in [-0.25, -0.2) is 4.39 Å². The maximum absolute atomic E-state index is 14.5. The molecule has 0 aliphatic heterocycles. The van der Waals surface area contributed by atoms with Crippen LogP contribution in [0.3, 0.4) is 0 Å². The first-order chi connectivity index (χ1) is 19.3. The highest BCUT2D eigenvalue weighted by Gasteiger charge is 2.17. The number of hydrogen-bond donors (Lipinski definition) is 3. The van der Waals surface area contributed by atoms with Crippen LogP contribution in [-0.2, 0) is 9.59 Å². The Balaban J connectivity index is 1.48. The molecule has 0 bridgehead atoms. The topological polar surface area (TPSA) is 87.3 Å². The highest BCUT2D eigenvalue weighted by Crippen LogP contribution is 2.24. The number of halogens is 3. The van der Waals surface area contributed by atoms with Crippen molar-refractivity contribution in [3.63, 3.8) is 0 Å². The van der Waals surface area contributed by atoms with Gasteiger partial charge in [0.25, 0.3) is 11.8 Å². The van der Waals surface area contributed by atoms with Gasteiger partial charge in [0, 0.05) is 32.4 Å². The summed E-state index contributed by atoms with van der Waals surface area (Å²) in [5.41, 5.74) is 1.06. The van der Waals surface area contributed by atoms with Crippen LogP contribution in [0.1, 0.15) is 15.9 Å². The lowest BCUT2D eigenvalue weighted by atomic mass is 10.1. The number of anilines is 2. The SMILES string of the molecule is O=C(CSc1cccc(NC(=O)/C(=C\c2c(F)cccc2Cl)NC(=O)c2ccccc2)c1)Nc1cccc(Cl)c1. The zero-order valence-corrected chi connectivity index (χ0v) is 23.1. The predicted octanol–water partition coefficient (Wildman–Crippen LogP) is 7.27. The summed E-state index contributed by atoms with van der Waals surface area (Å²) in [4.78, 5) is 39.2. The normalized spacial score (nSPS) is 11.0. The molecule has 0 heterocycles. The van der Waals surface area contributed by atoms with E-state index in [-0.39, 0.29) is 27.9 Å². The van der Waals surface area contributed by atoms with E-state index in [9.17, 15) is 18.8 Å². The largest absolute Gasteiger partial charge is 0.325 e. The van der Waals surface area contributed by atoms with Crippen LogP contribution in [0.5, 0.6) is 0 Å². The van der Waals surface area contributed by atoms with E-state index in [1.165, 1.54) is 36.0 Å². The van der Waals surface area contributed by atoms with Gasteiger partial charge in [-0.05, 0) is 66.7 Å². The van der Waals surface area contributed by atoms with Gasteiger partial charge < -0.3 is 16.0 Å². The van der Waals surface area contributed by atoms with Crippen LogP contribution in [0.25, 0.3) is 6.08 Å². The molecule has 3 amide bonds. The third kappa shape index (κ3) is 8.19. The summed E-state index contributed by atoms with van der Waals surface area (Å²) in [5, 5.41) is 8.64. The van der Waals surface area contributed by atoms with Gasteiger partial charge in [0.1, 0.15) is 11.5 Å². The molecule has 0 spiro atoms. The molecule has 0 fully saturated rings. The lowest BCUT2D eigenvalue weighted by Crippen LogP contribution is -2.30. The van der Waals surface area contributed by atoms with Crippen LogP contribution in [0.4, 0.5) is 15.8 Å². The van der Waals surface area contributed by atoms with Crippen LogP contribution in [0, 0.1) is 5.82 Å². The number of benzene rings is 4. The molecule has 10 heteroatoms. The molecule has 0 saturated carbocycles. The zero-order valence-electron chi connectivity index (χ0n) is 20.8. The minimum absolute atomic E-state index is 0.0438. The third-order valence-electron chi connectivity index (χ3n) is 5.39. The number of carbonyl (C=O) groups is 3. The fraction of sp³-hybridized carbons (Fsp3) is 0.0333. The molecule has 202 valence electrons. The highest BCUT2D eigenvalue weighted by atomic mass is 35.5. The third-order valence-corrected chi connectivity index (χ3v) is 6.95. The summed E-state index contributed by atoms with van der Waals surface area (Å²) in [6, 6.07) is 26.1. The van der Waals surface area contributed by atoms with Crippen molar-refractivity contribution in [1.82, 2.24) is 5.32 Å². The van der Waals surface area contributed by atoms with Crippen LogP contribution < -0.4 is 16.0 Å². The van der Waals surface area contributed by atoms with E-state index in [2.05, 4.69) is 16.0 Å². The smallest absolute Gasteiger partial charge is 0.272 e. The van der Waals surface area contributed by atoms with Crippen molar-refractivity contribution < 1.29 is 18.8 Å². The highest BCUT2D eigenvalue weighted by molar-refractivity contribution is 8.00. The molecule has 0 aromatic heterocycles. The molecule has 0 aliphatic rings. The second-order valence-electron chi connectivity index (χ2n) is 8.34. The summed E-state index contributed by atoms with van der Waals surface area (Å²) in [7, 11) is 0. The fourth-order valence-electron chi connectivity index (χ4n) is 3.51. The van der Waals surface area contributed by atoms with Crippen LogP contribution in [-0.4, -0.2) is 23.5 Å². The van der Waals surface area contributed by atoms with E-state index in [1.54, 1.807) is 78.9 Å². The number of carbonyl (C=O) groups excluding carboxylic acids is 3. The first-order valence-corrected chi connectivity index (χ1v) is 13.6. The van der Waals surface area contributed by atoms with Crippen molar-refractivity contribution in [1.29, 1.82) is 0 Å². The van der Waals surface area contributed by atoms with Gasteiger partial charge in [0.05, 0.1) is 10.8 Å². The number of nitrogens with one attached hydrogen (secondary N) is 3. The predicted molar refractivity (Wildman–Crippen MR) is 159 cm³/mol. The molecule has 4 aromatic rings. The van der Waals surface area contributed by atoms with Crippen LogP contribution in [0.15, 0.2) is 108 Å². The van der Waals surface area contributed by atoms with Crippen molar-refractivity contribution in [2.24, 2.45) is 0 Å². The summed E-state index contributed by atoms with van der Waals surface area (Å²) in [6.07, 6.45) is 1.19. The van der Waals surface area contributed by atoms with Crippen molar-refractivity contribution in [2.45, 2.75) is 4.90 Å². The standard InChI is InChI=1S/C30H22Cl2FN3O3S/c31-20-9-4-10-21(15-20)34-28(37)18-40-23-12-5-11-22(16-23)35-30(39)27(17-24-25(32)13-6-14-26(24)33)36-29(38)19-7-2-1-3-8-19/h1-17H,18H2,(H,34,37)(H,35,39)(H,36,38)/b27-17+. The minimum atomic E-state index is -0.690. The van der Waals surface area contributed by atoms with E-state index < -0.39 is 17.6 Å². The minimum Gasteiger partial charge on any atom is -0.325 e. The molecule has 4 aromatic carbocycles. The Bertz CT molecular complexity index is 1560. The van der Waals surface area contributed by atoms with E-state index in [0.717, 1.165) is 4.90 Å². The second-order valence-corrected chi connectivity index (χ2v) is 10.2. The average molecular weight is 594 g/mol. The van der Waals surface area contributed by atoms with Gasteiger partial charge in [-0.3, -0.25) is 14.4 Å². The quantitative estimate of drug-likeness (QED) is 0.141. The Morgan fingerprint density at radius 2 is 1.50 bits per heavy atom. The van der Waals surface area contributed by atoms with Gasteiger partial charge in [0.15, 0.2) is 0 Å². The first kappa shape index (κ1) is 28.9. The number of thioether (sulfide) groups is 1. The molecule has 40 heavy (non-hydrogen) atoms. The number of rotatable bonds is 9. The van der Waals surface area contributed by atoms with E-state index >= 15 is 0 Å². The number of hydrogen-bond acceptors (Lipinski definition) is 4. The lowest BCUT2D eigenvalue weighted by molar-refractivity contribution is -0.114. The Labute approximate surface area is 244 Å². The molecule has 0 saturated heterocycles. The molecule has 0 aliphatic carbocycles. The fourth-order valence-corrected chi connectivity index (χ4v) is 4.67. The van der Waals surface area contributed by atoms with Crippen molar-refractivity contribution in [2.75, 3.05) is 16.4 Å². The Morgan fingerprint density at radius 1 is 0.800 bits per heavy atom. The first-order valence-electron chi connectivity index (χ1n) is 11.9. The lowest BCUT2D eigenvalue weighted by Gasteiger charge is -2.13. The molecule has 0 radical (unpaired) electrons. The maximum Gasteiger partial charge on any atom is 0.272 e. The summed E-state index contributed by atoms with van der Waals surface area (Å²) < 4.78 is 14.5. The molecule has 0 unspecified atom stereocenters.